The Bertz CT molecular complexity index is 389. The van der Waals surface area contributed by atoms with Gasteiger partial charge in [0.15, 0.2) is 0 Å². The highest BCUT2D eigenvalue weighted by Crippen LogP contribution is 2.26. The van der Waals surface area contributed by atoms with Crippen LogP contribution in [0.2, 0.25) is 0 Å². The van der Waals surface area contributed by atoms with Crippen molar-refractivity contribution in [2.75, 3.05) is 51.3 Å². The Morgan fingerprint density at radius 2 is 1.89 bits per heavy atom. The Labute approximate surface area is 116 Å². The topological polar surface area (TPSA) is 38.7 Å². The highest BCUT2D eigenvalue weighted by Gasteiger charge is 2.19. The minimum atomic E-state index is 0.257. The summed E-state index contributed by atoms with van der Waals surface area (Å²) in [6.45, 7) is 7.38. The molecular weight excluding hydrogens is 238 g/mol. The molecule has 0 bridgehead atoms. The van der Waals surface area contributed by atoms with Crippen molar-refractivity contribution >= 4 is 5.69 Å². The molecule has 1 atom stereocenters. The highest BCUT2D eigenvalue weighted by molar-refractivity contribution is 5.55. The largest absolute Gasteiger partial charge is 0.395 e. The quantitative estimate of drug-likeness (QED) is 0.834. The summed E-state index contributed by atoms with van der Waals surface area (Å²) < 4.78 is 0. The van der Waals surface area contributed by atoms with Gasteiger partial charge in [0.25, 0.3) is 0 Å². The Kier molecular flexibility index (Phi) is 5.19. The molecule has 0 spiro atoms. The van der Waals surface area contributed by atoms with Gasteiger partial charge in [-0.3, -0.25) is 4.90 Å². The molecule has 0 amide bonds. The molecule has 0 aliphatic carbocycles. The van der Waals surface area contributed by atoms with Gasteiger partial charge >= 0.3 is 0 Å². The molecule has 1 saturated heterocycles. The summed E-state index contributed by atoms with van der Waals surface area (Å²) in [5.74, 6) is 0. The maximum atomic E-state index is 8.99. The number of nitrogens with one attached hydrogen (secondary N) is 1. The van der Waals surface area contributed by atoms with E-state index in [9.17, 15) is 0 Å². The second-order valence-corrected chi connectivity index (χ2v) is 5.12. The SMILES string of the molecule is CNC(C)c1ccccc1N1CCN(CCO)CC1. The molecule has 4 nitrogen and oxygen atoms in total. The van der Waals surface area contributed by atoms with Crippen LogP contribution in [0, 0.1) is 0 Å². The van der Waals surface area contributed by atoms with Crippen molar-refractivity contribution in [2.24, 2.45) is 0 Å². The van der Waals surface area contributed by atoms with Crippen molar-refractivity contribution in [3.05, 3.63) is 29.8 Å². The number of hydrogen-bond acceptors (Lipinski definition) is 4. The van der Waals surface area contributed by atoms with Crippen molar-refractivity contribution in [1.29, 1.82) is 0 Å². The summed E-state index contributed by atoms with van der Waals surface area (Å²) >= 11 is 0. The molecule has 1 heterocycles. The highest BCUT2D eigenvalue weighted by atomic mass is 16.3. The number of β-amino-alcohol motifs (C(OH)–C–C–N with tert-alkyl or cyclic N) is 1. The fraction of sp³-hybridized carbons (Fsp3) is 0.600. The first-order valence-corrected chi connectivity index (χ1v) is 7.10. The molecular formula is C15H25N3O. The molecule has 2 N–H and O–H groups in total. The average molecular weight is 263 g/mol. The monoisotopic (exact) mass is 263 g/mol. The number of aliphatic hydroxyl groups excluding tert-OH is 1. The third-order valence-electron chi connectivity index (χ3n) is 3.97. The van der Waals surface area contributed by atoms with E-state index >= 15 is 0 Å². The van der Waals surface area contributed by atoms with Gasteiger partial charge in [-0.05, 0) is 25.6 Å². The van der Waals surface area contributed by atoms with Gasteiger partial charge in [-0.15, -0.1) is 0 Å². The van der Waals surface area contributed by atoms with Gasteiger partial charge in [-0.25, -0.2) is 0 Å². The van der Waals surface area contributed by atoms with Crippen LogP contribution in [-0.2, 0) is 0 Å². The fourth-order valence-electron chi connectivity index (χ4n) is 2.65. The Morgan fingerprint density at radius 3 is 2.53 bits per heavy atom. The maximum absolute atomic E-state index is 8.99. The van der Waals surface area contributed by atoms with E-state index in [0.29, 0.717) is 6.04 Å². The van der Waals surface area contributed by atoms with Crippen LogP contribution in [0.4, 0.5) is 5.69 Å². The normalized spacial score (nSPS) is 18.6. The molecule has 1 unspecified atom stereocenters. The van der Waals surface area contributed by atoms with Crippen LogP contribution >= 0.6 is 0 Å². The molecule has 1 aliphatic heterocycles. The summed E-state index contributed by atoms with van der Waals surface area (Å²) in [7, 11) is 2.00. The summed E-state index contributed by atoms with van der Waals surface area (Å²) in [5.41, 5.74) is 2.70. The van der Waals surface area contributed by atoms with Gasteiger partial charge < -0.3 is 15.3 Å². The second-order valence-electron chi connectivity index (χ2n) is 5.12. The number of aliphatic hydroxyl groups is 1. The first-order chi connectivity index (χ1) is 9.26. The lowest BCUT2D eigenvalue weighted by molar-refractivity contribution is 0.188. The molecule has 0 radical (unpaired) electrons. The van der Waals surface area contributed by atoms with Crippen LogP contribution < -0.4 is 10.2 Å². The minimum Gasteiger partial charge on any atom is -0.395 e. The van der Waals surface area contributed by atoms with E-state index in [2.05, 4.69) is 46.3 Å². The summed E-state index contributed by atoms with van der Waals surface area (Å²) in [4.78, 5) is 4.78. The summed E-state index contributed by atoms with van der Waals surface area (Å²) in [6.07, 6.45) is 0. The fourth-order valence-corrected chi connectivity index (χ4v) is 2.65. The molecule has 4 heteroatoms. The number of piperazine rings is 1. The van der Waals surface area contributed by atoms with Crippen LogP contribution in [-0.4, -0.2) is 56.4 Å². The predicted octanol–water partition coefficient (Wildman–Crippen LogP) is 1.08. The van der Waals surface area contributed by atoms with E-state index in [4.69, 9.17) is 5.11 Å². The molecule has 0 aromatic heterocycles. The van der Waals surface area contributed by atoms with Gasteiger partial charge in [0.2, 0.25) is 0 Å². The molecule has 1 aromatic carbocycles. The standard InChI is InChI=1S/C15H25N3O/c1-13(16-2)14-5-3-4-6-15(14)18-9-7-17(8-10-18)11-12-19/h3-6,13,16,19H,7-12H2,1-2H3. The van der Waals surface area contributed by atoms with Crippen LogP contribution in [0.1, 0.15) is 18.5 Å². The first kappa shape index (κ1) is 14.3. The van der Waals surface area contributed by atoms with Crippen molar-refractivity contribution in [2.45, 2.75) is 13.0 Å². The zero-order valence-electron chi connectivity index (χ0n) is 12.0. The Balaban J connectivity index is 2.07. The molecule has 0 saturated carbocycles. The van der Waals surface area contributed by atoms with Crippen molar-refractivity contribution in [3.63, 3.8) is 0 Å². The van der Waals surface area contributed by atoms with Crippen LogP contribution in [0.15, 0.2) is 24.3 Å². The smallest absolute Gasteiger partial charge is 0.0558 e. The van der Waals surface area contributed by atoms with Crippen LogP contribution in [0.25, 0.3) is 0 Å². The van der Waals surface area contributed by atoms with Crippen molar-refractivity contribution < 1.29 is 5.11 Å². The predicted molar refractivity (Wildman–Crippen MR) is 79.7 cm³/mol. The number of benzene rings is 1. The Hall–Kier alpha value is -1.10. The second kappa shape index (κ2) is 6.89. The maximum Gasteiger partial charge on any atom is 0.0558 e. The van der Waals surface area contributed by atoms with Gasteiger partial charge in [-0.2, -0.15) is 0 Å². The summed E-state index contributed by atoms with van der Waals surface area (Å²) in [5, 5.41) is 12.3. The number of nitrogens with zero attached hydrogens (tertiary/aromatic N) is 2. The average Bonchev–Trinajstić information content (AvgIpc) is 2.47. The van der Waals surface area contributed by atoms with Gasteiger partial charge in [0, 0.05) is 44.5 Å². The zero-order valence-corrected chi connectivity index (χ0v) is 12.0. The minimum absolute atomic E-state index is 0.257. The molecule has 1 aromatic rings. The van der Waals surface area contributed by atoms with Crippen molar-refractivity contribution in [1.82, 2.24) is 10.2 Å². The molecule has 2 rings (SSSR count). The third-order valence-corrected chi connectivity index (χ3v) is 3.97. The number of anilines is 1. The number of rotatable bonds is 5. The molecule has 1 fully saturated rings. The van der Waals surface area contributed by atoms with Crippen molar-refractivity contribution in [3.8, 4) is 0 Å². The van der Waals surface area contributed by atoms with E-state index in [1.165, 1.54) is 11.3 Å². The lowest BCUT2D eigenvalue weighted by atomic mass is 10.0. The van der Waals surface area contributed by atoms with E-state index in [1.807, 2.05) is 7.05 Å². The van der Waals surface area contributed by atoms with E-state index < -0.39 is 0 Å². The van der Waals surface area contributed by atoms with Crippen LogP contribution in [0.5, 0.6) is 0 Å². The molecule has 1 aliphatic rings. The lowest BCUT2D eigenvalue weighted by Gasteiger charge is -2.37. The Morgan fingerprint density at radius 1 is 1.21 bits per heavy atom. The lowest BCUT2D eigenvalue weighted by Crippen LogP contribution is -2.47. The number of hydrogen-bond donors (Lipinski definition) is 2. The van der Waals surface area contributed by atoms with E-state index in [-0.39, 0.29) is 6.61 Å². The van der Waals surface area contributed by atoms with E-state index in [0.717, 1.165) is 32.7 Å². The molecule has 19 heavy (non-hydrogen) atoms. The number of para-hydroxylation sites is 1. The molecule has 106 valence electrons. The summed E-state index contributed by atoms with van der Waals surface area (Å²) in [6, 6.07) is 9.00. The third kappa shape index (κ3) is 3.47. The zero-order chi connectivity index (χ0) is 13.7. The van der Waals surface area contributed by atoms with Crippen LogP contribution in [0.3, 0.4) is 0 Å². The van der Waals surface area contributed by atoms with Gasteiger partial charge in [-0.1, -0.05) is 18.2 Å². The van der Waals surface area contributed by atoms with E-state index in [1.54, 1.807) is 0 Å². The van der Waals surface area contributed by atoms with Gasteiger partial charge in [0.1, 0.15) is 0 Å². The van der Waals surface area contributed by atoms with Gasteiger partial charge in [0.05, 0.1) is 6.61 Å². The first-order valence-electron chi connectivity index (χ1n) is 7.10.